The molecule has 2 rings (SSSR count). The van der Waals surface area contributed by atoms with Crippen molar-refractivity contribution >= 4 is 27.9 Å². The summed E-state index contributed by atoms with van der Waals surface area (Å²) in [5.74, 6) is 0. The molecular weight excluding hydrogens is 216 g/mol. The van der Waals surface area contributed by atoms with E-state index in [-0.39, 0.29) is 0 Å². The fourth-order valence-corrected chi connectivity index (χ4v) is 2.11. The van der Waals surface area contributed by atoms with Gasteiger partial charge in [0.05, 0.1) is 18.3 Å². The zero-order chi connectivity index (χ0) is 9.80. The van der Waals surface area contributed by atoms with E-state index in [0.29, 0.717) is 5.56 Å². The van der Waals surface area contributed by atoms with Gasteiger partial charge in [0.1, 0.15) is 11.1 Å². The smallest absolute Gasteiger partial charge is 0.130 e. The Bertz CT molecular complexity index is 440. The van der Waals surface area contributed by atoms with Gasteiger partial charge in [0, 0.05) is 21.8 Å². The summed E-state index contributed by atoms with van der Waals surface area (Å²) in [6.45, 7) is 0.718. The monoisotopic (exact) mass is 222 g/mol. The Morgan fingerprint density at radius 3 is 3.14 bits per heavy atom. The molecule has 2 aromatic rings. The predicted octanol–water partition coefficient (Wildman–Crippen LogP) is 2.08. The van der Waals surface area contributed by atoms with E-state index >= 15 is 0 Å². The maximum Gasteiger partial charge on any atom is 0.130 e. The number of hydrogen-bond acceptors (Lipinski definition) is 6. The highest BCUT2D eigenvalue weighted by atomic mass is 32.1. The average molecular weight is 222 g/mol. The molecule has 0 radical (unpaired) electrons. The molecule has 0 bridgehead atoms. The van der Waals surface area contributed by atoms with Crippen LogP contribution in [0.25, 0.3) is 0 Å². The molecule has 0 spiro atoms. The standard InChI is InChI=1S/C8H6N4S2/c9-2-6-1-7(13-5-6)3-10-8-4-11-12-14-8/h1,4-5,10H,3H2. The third-order valence-electron chi connectivity index (χ3n) is 1.58. The van der Waals surface area contributed by atoms with Gasteiger partial charge in [-0.3, -0.25) is 0 Å². The van der Waals surface area contributed by atoms with Crippen LogP contribution in [0.15, 0.2) is 17.6 Å². The molecule has 70 valence electrons. The van der Waals surface area contributed by atoms with Gasteiger partial charge in [-0.1, -0.05) is 4.49 Å². The minimum Gasteiger partial charge on any atom is -0.369 e. The Kier molecular flexibility index (Phi) is 2.72. The molecule has 0 saturated heterocycles. The second kappa shape index (κ2) is 4.17. The van der Waals surface area contributed by atoms with Gasteiger partial charge < -0.3 is 5.32 Å². The largest absolute Gasteiger partial charge is 0.369 e. The lowest BCUT2D eigenvalue weighted by Gasteiger charge is -1.97. The van der Waals surface area contributed by atoms with Crippen molar-refractivity contribution in [2.24, 2.45) is 0 Å². The summed E-state index contributed by atoms with van der Waals surface area (Å²) < 4.78 is 3.74. The van der Waals surface area contributed by atoms with Crippen molar-refractivity contribution in [3.8, 4) is 6.07 Å². The first-order chi connectivity index (χ1) is 6.88. The van der Waals surface area contributed by atoms with Gasteiger partial charge in [-0.15, -0.1) is 16.4 Å². The average Bonchev–Trinajstić information content (AvgIpc) is 2.86. The molecule has 0 aliphatic heterocycles. The van der Waals surface area contributed by atoms with E-state index in [2.05, 4.69) is 21.0 Å². The van der Waals surface area contributed by atoms with Crippen LogP contribution >= 0.6 is 22.9 Å². The highest BCUT2D eigenvalue weighted by Gasteiger charge is 1.99. The number of thiophene rings is 1. The van der Waals surface area contributed by atoms with Gasteiger partial charge in [0.25, 0.3) is 0 Å². The van der Waals surface area contributed by atoms with E-state index in [0.717, 1.165) is 16.4 Å². The Hall–Kier alpha value is -1.45. The molecule has 0 aliphatic carbocycles. The molecule has 0 unspecified atom stereocenters. The molecule has 0 aromatic carbocycles. The number of nitriles is 1. The quantitative estimate of drug-likeness (QED) is 0.863. The van der Waals surface area contributed by atoms with Crippen molar-refractivity contribution in [1.82, 2.24) is 9.59 Å². The molecule has 0 saturated carbocycles. The second-order valence-corrected chi connectivity index (χ2v) is 4.33. The van der Waals surface area contributed by atoms with Crippen molar-refractivity contribution in [2.45, 2.75) is 6.54 Å². The van der Waals surface area contributed by atoms with Gasteiger partial charge in [-0.05, 0) is 6.07 Å². The van der Waals surface area contributed by atoms with E-state index in [1.54, 1.807) is 17.5 Å². The molecular formula is C8H6N4S2. The summed E-state index contributed by atoms with van der Waals surface area (Å²) >= 11 is 2.90. The summed E-state index contributed by atoms with van der Waals surface area (Å²) in [7, 11) is 0. The van der Waals surface area contributed by atoms with Crippen LogP contribution in [0.5, 0.6) is 0 Å². The Morgan fingerprint density at radius 2 is 2.50 bits per heavy atom. The van der Waals surface area contributed by atoms with Gasteiger partial charge in [-0.25, -0.2) is 0 Å². The Labute approximate surface area is 89.0 Å². The second-order valence-electron chi connectivity index (χ2n) is 2.55. The van der Waals surface area contributed by atoms with Gasteiger partial charge in [0.2, 0.25) is 0 Å². The zero-order valence-corrected chi connectivity index (χ0v) is 8.73. The van der Waals surface area contributed by atoms with E-state index in [4.69, 9.17) is 5.26 Å². The summed E-state index contributed by atoms with van der Waals surface area (Å²) in [6.07, 6.45) is 1.68. The zero-order valence-electron chi connectivity index (χ0n) is 7.10. The first-order valence-corrected chi connectivity index (χ1v) is 5.52. The molecule has 1 N–H and O–H groups in total. The number of nitrogens with one attached hydrogen (secondary N) is 1. The summed E-state index contributed by atoms with van der Waals surface area (Å²) in [5, 5.41) is 18.3. The van der Waals surface area contributed by atoms with Crippen LogP contribution < -0.4 is 5.32 Å². The predicted molar refractivity (Wildman–Crippen MR) is 56.3 cm³/mol. The molecule has 0 aliphatic rings. The lowest BCUT2D eigenvalue weighted by atomic mass is 10.3. The number of anilines is 1. The molecule has 4 nitrogen and oxygen atoms in total. The molecule has 0 amide bonds. The van der Waals surface area contributed by atoms with Gasteiger partial charge in [0.15, 0.2) is 0 Å². The third-order valence-corrected chi connectivity index (χ3v) is 3.14. The van der Waals surface area contributed by atoms with Gasteiger partial charge >= 0.3 is 0 Å². The minimum absolute atomic E-state index is 0.717. The first kappa shape index (κ1) is 9.12. The summed E-state index contributed by atoms with van der Waals surface area (Å²) in [6, 6.07) is 3.98. The SMILES string of the molecule is N#Cc1csc(CNc2cnns2)c1. The fraction of sp³-hybridized carbons (Fsp3) is 0.125. The Balaban J connectivity index is 1.96. The van der Waals surface area contributed by atoms with Crippen molar-refractivity contribution in [3.63, 3.8) is 0 Å². The van der Waals surface area contributed by atoms with E-state index in [1.807, 2.05) is 11.4 Å². The molecule has 0 atom stereocenters. The van der Waals surface area contributed by atoms with Crippen molar-refractivity contribution in [1.29, 1.82) is 5.26 Å². The number of hydrogen-bond donors (Lipinski definition) is 1. The van der Waals surface area contributed by atoms with Crippen molar-refractivity contribution in [3.05, 3.63) is 28.1 Å². The lowest BCUT2D eigenvalue weighted by Crippen LogP contribution is -1.94. The topological polar surface area (TPSA) is 61.6 Å². The minimum atomic E-state index is 0.717. The molecule has 2 aromatic heterocycles. The van der Waals surface area contributed by atoms with Crippen LogP contribution in [-0.2, 0) is 6.54 Å². The molecule has 0 fully saturated rings. The van der Waals surface area contributed by atoms with Crippen molar-refractivity contribution < 1.29 is 0 Å². The van der Waals surface area contributed by atoms with Crippen LogP contribution in [-0.4, -0.2) is 9.59 Å². The number of aromatic nitrogens is 2. The fourth-order valence-electron chi connectivity index (χ4n) is 0.951. The van der Waals surface area contributed by atoms with E-state index in [9.17, 15) is 0 Å². The summed E-state index contributed by atoms with van der Waals surface area (Å²) in [4.78, 5) is 1.13. The van der Waals surface area contributed by atoms with Crippen LogP contribution in [0.3, 0.4) is 0 Å². The lowest BCUT2D eigenvalue weighted by molar-refractivity contribution is 1.14. The maximum atomic E-state index is 8.62. The Morgan fingerprint density at radius 1 is 1.57 bits per heavy atom. The third kappa shape index (κ3) is 2.07. The first-order valence-electron chi connectivity index (χ1n) is 3.87. The van der Waals surface area contributed by atoms with E-state index < -0.39 is 0 Å². The van der Waals surface area contributed by atoms with Crippen LogP contribution in [0.1, 0.15) is 10.4 Å². The van der Waals surface area contributed by atoms with Crippen LogP contribution in [0.4, 0.5) is 5.00 Å². The maximum absolute atomic E-state index is 8.62. The number of rotatable bonds is 3. The highest BCUT2D eigenvalue weighted by molar-refractivity contribution is 7.10. The summed E-state index contributed by atoms with van der Waals surface area (Å²) in [5.41, 5.74) is 0.717. The molecule has 14 heavy (non-hydrogen) atoms. The molecule has 2 heterocycles. The van der Waals surface area contributed by atoms with Gasteiger partial charge in [-0.2, -0.15) is 5.26 Å². The molecule has 6 heteroatoms. The van der Waals surface area contributed by atoms with E-state index in [1.165, 1.54) is 11.5 Å². The van der Waals surface area contributed by atoms with Crippen molar-refractivity contribution in [2.75, 3.05) is 5.32 Å². The highest BCUT2D eigenvalue weighted by Crippen LogP contribution is 2.16. The number of nitrogens with zero attached hydrogens (tertiary/aromatic N) is 3. The normalized spacial score (nSPS) is 9.64. The van der Waals surface area contributed by atoms with Crippen LogP contribution in [0.2, 0.25) is 0 Å². The van der Waals surface area contributed by atoms with Crippen LogP contribution in [0, 0.1) is 11.3 Å².